The van der Waals surface area contributed by atoms with Crippen LogP contribution in [0.25, 0.3) is 11.6 Å². The topological polar surface area (TPSA) is 62.3 Å². The summed E-state index contributed by atoms with van der Waals surface area (Å²) >= 11 is 0. The van der Waals surface area contributed by atoms with Crippen molar-refractivity contribution in [1.82, 2.24) is 9.88 Å². The van der Waals surface area contributed by atoms with E-state index in [1.54, 1.807) is 24.4 Å². The van der Waals surface area contributed by atoms with Crippen molar-refractivity contribution in [1.29, 1.82) is 0 Å². The third kappa shape index (κ3) is 4.15. The molecular weight excluding hydrogens is 393 g/mol. The van der Waals surface area contributed by atoms with Gasteiger partial charge in [0, 0.05) is 37.3 Å². The minimum atomic E-state index is -0.183. The number of nitrogens with zero attached hydrogens (tertiary/aromatic N) is 2. The first-order chi connectivity index (χ1) is 14.6. The van der Waals surface area contributed by atoms with Gasteiger partial charge in [-0.25, -0.2) is 9.37 Å². The maximum absolute atomic E-state index is 14.1. The van der Waals surface area contributed by atoms with Gasteiger partial charge in [0.05, 0.1) is 0 Å². The summed E-state index contributed by atoms with van der Waals surface area (Å²) in [6.45, 7) is 1.36. The molecule has 0 saturated carbocycles. The molecule has 2 aromatic rings. The largest absolute Gasteiger partial charge is 0.338 e. The summed E-state index contributed by atoms with van der Waals surface area (Å²) in [4.78, 5) is 30.3. The Morgan fingerprint density at radius 3 is 2.87 bits per heavy atom. The van der Waals surface area contributed by atoms with E-state index in [9.17, 15) is 14.0 Å². The van der Waals surface area contributed by atoms with Crippen molar-refractivity contribution in [2.24, 2.45) is 11.8 Å². The summed E-state index contributed by atoms with van der Waals surface area (Å²) in [5.74, 6) is 1.03. The Morgan fingerprint density at radius 1 is 1.23 bits per heavy atom. The molecule has 5 nitrogen and oxygen atoms in total. The van der Waals surface area contributed by atoms with E-state index in [2.05, 4.69) is 16.4 Å². The fraction of sp³-hybridized carbons (Fsp3) is 0.320. The Balaban J connectivity index is 0.00000231. The highest BCUT2D eigenvalue weighted by atomic mass is 19.1. The first-order valence-electron chi connectivity index (χ1n) is 10.3. The normalized spacial score (nSPS) is 21.9. The zero-order valence-electron chi connectivity index (χ0n) is 16.5. The second-order valence-electron chi connectivity index (χ2n) is 8.20. The van der Waals surface area contributed by atoms with E-state index in [1.165, 1.54) is 6.07 Å². The molecule has 1 aliphatic carbocycles. The number of carbonyl (C=O) groups excluding carboxylic acids is 2. The smallest absolute Gasteiger partial charge is 0.246 e. The van der Waals surface area contributed by atoms with Crippen molar-refractivity contribution >= 4 is 29.3 Å². The molecule has 2 unspecified atom stereocenters. The van der Waals surface area contributed by atoms with Gasteiger partial charge in [-0.1, -0.05) is 31.7 Å². The molecule has 3 heterocycles. The number of aromatic nitrogens is 1. The molecule has 3 aliphatic rings. The van der Waals surface area contributed by atoms with Gasteiger partial charge in [0.2, 0.25) is 11.8 Å². The number of carbonyl (C=O) groups is 2. The van der Waals surface area contributed by atoms with Crippen LogP contribution in [0.15, 0.2) is 48.7 Å². The van der Waals surface area contributed by atoms with Crippen LogP contribution in [-0.2, 0) is 16.0 Å². The number of allylic oxidation sites excluding steroid dienone is 1. The lowest BCUT2D eigenvalue weighted by atomic mass is 9.98. The molecule has 0 bridgehead atoms. The first kappa shape index (κ1) is 21.0. The summed E-state index contributed by atoms with van der Waals surface area (Å²) in [7, 11) is 0. The quantitative estimate of drug-likeness (QED) is 0.754. The Kier molecular flexibility index (Phi) is 5.72. The minimum absolute atomic E-state index is 0. The predicted octanol–water partition coefficient (Wildman–Crippen LogP) is 4.32. The number of hydrogen-bond acceptors (Lipinski definition) is 3. The number of amides is 2. The summed E-state index contributed by atoms with van der Waals surface area (Å²) in [6.07, 6.45) is 9.10. The van der Waals surface area contributed by atoms with Gasteiger partial charge in [-0.2, -0.15) is 0 Å². The first-order valence-corrected chi connectivity index (χ1v) is 10.3. The zero-order chi connectivity index (χ0) is 20.7. The number of halogens is 1. The van der Waals surface area contributed by atoms with Crippen LogP contribution in [-0.4, -0.2) is 34.8 Å². The number of pyridine rings is 1. The third-order valence-electron chi connectivity index (χ3n) is 6.21. The average Bonchev–Trinajstić information content (AvgIpc) is 3.31. The van der Waals surface area contributed by atoms with Crippen LogP contribution in [0.1, 0.15) is 37.0 Å². The molecule has 2 amide bonds. The summed E-state index contributed by atoms with van der Waals surface area (Å²) in [6, 6.07) is 8.85. The molecule has 1 aromatic carbocycles. The van der Waals surface area contributed by atoms with Crippen molar-refractivity contribution < 1.29 is 14.0 Å². The van der Waals surface area contributed by atoms with Gasteiger partial charge in [-0.15, -0.1) is 0 Å². The molecule has 2 atom stereocenters. The number of aryl methyl sites for hydroxylation is 1. The Labute approximate surface area is 181 Å². The molecule has 0 radical (unpaired) electrons. The molecular formula is C25H26FN3O2. The number of benzene rings is 1. The summed E-state index contributed by atoms with van der Waals surface area (Å²) in [5.41, 5.74) is 3.57. The second-order valence-corrected chi connectivity index (χ2v) is 8.20. The monoisotopic (exact) mass is 419 g/mol. The van der Waals surface area contributed by atoms with Crippen molar-refractivity contribution in [2.75, 3.05) is 18.4 Å². The Bertz CT molecular complexity index is 1090. The number of hydrogen-bond donors (Lipinski definition) is 1. The van der Waals surface area contributed by atoms with E-state index in [0.717, 1.165) is 23.1 Å². The van der Waals surface area contributed by atoms with E-state index in [0.29, 0.717) is 43.2 Å². The van der Waals surface area contributed by atoms with E-state index in [1.807, 2.05) is 23.1 Å². The lowest BCUT2D eigenvalue weighted by Crippen LogP contribution is -2.27. The fourth-order valence-electron chi connectivity index (χ4n) is 4.65. The van der Waals surface area contributed by atoms with Gasteiger partial charge in [0.15, 0.2) is 0 Å². The Morgan fingerprint density at radius 2 is 2.06 bits per heavy atom. The van der Waals surface area contributed by atoms with Gasteiger partial charge in [0.1, 0.15) is 11.6 Å². The number of fused-ring (bicyclic) bond motifs is 2. The van der Waals surface area contributed by atoms with Gasteiger partial charge < -0.3 is 10.2 Å². The van der Waals surface area contributed by atoms with Gasteiger partial charge in [-0.3, -0.25) is 9.59 Å². The molecule has 31 heavy (non-hydrogen) atoms. The molecule has 2 aliphatic heterocycles. The van der Waals surface area contributed by atoms with Crippen LogP contribution in [0.4, 0.5) is 10.2 Å². The molecule has 5 rings (SSSR count). The van der Waals surface area contributed by atoms with Crippen molar-refractivity contribution in [3.8, 4) is 0 Å². The molecule has 1 N–H and O–H groups in total. The molecule has 0 spiro atoms. The van der Waals surface area contributed by atoms with Crippen LogP contribution in [0.5, 0.6) is 0 Å². The number of rotatable bonds is 3. The lowest BCUT2D eigenvalue weighted by molar-refractivity contribution is -0.125. The lowest BCUT2D eigenvalue weighted by Gasteiger charge is -2.16. The van der Waals surface area contributed by atoms with Gasteiger partial charge in [-0.05, 0) is 59.6 Å². The number of anilines is 1. The van der Waals surface area contributed by atoms with Gasteiger partial charge >= 0.3 is 0 Å². The minimum Gasteiger partial charge on any atom is -0.338 e. The Hall–Kier alpha value is -3.28. The summed E-state index contributed by atoms with van der Waals surface area (Å²) in [5, 5.41) is 2.76. The molecule has 6 heteroatoms. The van der Waals surface area contributed by atoms with E-state index >= 15 is 0 Å². The van der Waals surface area contributed by atoms with Crippen molar-refractivity contribution in [2.45, 2.75) is 26.7 Å². The fourth-order valence-corrected chi connectivity index (χ4v) is 4.65. The highest BCUT2D eigenvalue weighted by Gasteiger charge is 2.38. The molecule has 1 saturated heterocycles. The highest BCUT2D eigenvalue weighted by molar-refractivity contribution is 5.94. The van der Waals surface area contributed by atoms with Crippen LogP contribution < -0.4 is 5.32 Å². The van der Waals surface area contributed by atoms with Crippen LogP contribution in [0, 0.1) is 17.7 Å². The van der Waals surface area contributed by atoms with E-state index in [4.69, 9.17) is 0 Å². The van der Waals surface area contributed by atoms with Crippen LogP contribution >= 0.6 is 0 Å². The third-order valence-corrected chi connectivity index (χ3v) is 6.21. The highest BCUT2D eigenvalue weighted by Crippen LogP contribution is 2.41. The maximum atomic E-state index is 14.1. The summed E-state index contributed by atoms with van der Waals surface area (Å²) < 4.78 is 14.1. The molecule has 1 aromatic heterocycles. The van der Waals surface area contributed by atoms with E-state index in [-0.39, 0.29) is 31.0 Å². The average molecular weight is 420 g/mol. The second kappa shape index (κ2) is 8.46. The van der Waals surface area contributed by atoms with Crippen LogP contribution in [0.3, 0.4) is 0 Å². The molecule has 1 fully saturated rings. The number of likely N-dealkylation sites (tertiary alicyclic amines) is 1. The van der Waals surface area contributed by atoms with Crippen LogP contribution in [0.2, 0.25) is 0 Å². The maximum Gasteiger partial charge on any atom is 0.246 e. The SMILES string of the molecule is C.O=C1CCc2cc(/C=C/C(=O)N3CC4C=C(c5ccccc5F)CC4C3)cnc2N1. The standard InChI is InChI=1S/C24H22FN3O2.CH4/c25-21-4-2-1-3-20(21)17-10-18-13-28(14-19(18)11-17)23(30)8-5-15-9-16-6-7-22(29)27-24(16)26-12-15;/h1-5,8-10,12,18-19H,6-7,11,13-14H2,(H,26,27,29);1H4/b8-5+;. The van der Waals surface area contributed by atoms with Crippen molar-refractivity contribution in [3.63, 3.8) is 0 Å². The van der Waals surface area contributed by atoms with E-state index < -0.39 is 0 Å². The van der Waals surface area contributed by atoms with Gasteiger partial charge in [0.25, 0.3) is 0 Å². The van der Waals surface area contributed by atoms with Crippen molar-refractivity contribution in [3.05, 3.63) is 71.2 Å². The number of nitrogens with one attached hydrogen (secondary N) is 1. The molecule has 160 valence electrons. The predicted molar refractivity (Wildman–Crippen MR) is 120 cm³/mol. The zero-order valence-corrected chi connectivity index (χ0v) is 16.5.